The molecule has 0 aromatic heterocycles. The van der Waals surface area contributed by atoms with Crippen LogP contribution in [0.25, 0.3) is 6.08 Å². The first-order valence-corrected chi connectivity index (χ1v) is 9.26. The maximum absolute atomic E-state index is 12.1. The first kappa shape index (κ1) is 21.0. The summed E-state index contributed by atoms with van der Waals surface area (Å²) in [5.74, 6) is 1.29. The number of carbonyl (C=O) groups excluding carboxylic acids is 2. The van der Waals surface area contributed by atoms with Crippen molar-refractivity contribution in [3.63, 3.8) is 0 Å². The Balaban J connectivity index is 1.51. The Morgan fingerprint density at radius 1 is 1.13 bits per heavy atom. The molecule has 0 saturated carbocycles. The van der Waals surface area contributed by atoms with Crippen LogP contribution in [0.3, 0.4) is 0 Å². The van der Waals surface area contributed by atoms with E-state index < -0.39 is 18.5 Å². The number of para-hydroxylation sites is 1. The van der Waals surface area contributed by atoms with E-state index in [1.165, 1.54) is 26.4 Å². The molecule has 0 unspecified atom stereocenters. The Labute approximate surface area is 174 Å². The van der Waals surface area contributed by atoms with E-state index in [9.17, 15) is 9.59 Å². The molecule has 3 rings (SSSR count). The van der Waals surface area contributed by atoms with Crippen molar-refractivity contribution >= 4 is 18.0 Å². The Hall–Kier alpha value is -3.68. The van der Waals surface area contributed by atoms with Gasteiger partial charge in [-0.1, -0.05) is 18.2 Å². The summed E-state index contributed by atoms with van der Waals surface area (Å²) < 4.78 is 26.1. The highest BCUT2D eigenvalue weighted by atomic mass is 16.7. The van der Waals surface area contributed by atoms with Crippen LogP contribution in [-0.2, 0) is 14.3 Å². The summed E-state index contributed by atoms with van der Waals surface area (Å²) in [5, 5.41) is 2.78. The molecule has 8 heteroatoms. The lowest BCUT2D eigenvalue weighted by Gasteiger charge is -2.14. The number of carbonyl (C=O) groups is 2. The molecule has 1 heterocycles. The number of fused-ring (bicyclic) bond motifs is 1. The summed E-state index contributed by atoms with van der Waals surface area (Å²) in [6, 6.07) is 10.4. The van der Waals surface area contributed by atoms with Crippen molar-refractivity contribution in [2.24, 2.45) is 0 Å². The van der Waals surface area contributed by atoms with Crippen LogP contribution >= 0.6 is 0 Å². The van der Waals surface area contributed by atoms with Crippen LogP contribution in [0.2, 0.25) is 0 Å². The van der Waals surface area contributed by atoms with Gasteiger partial charge >= 0.3 is 5.97 Å². The Morgan fingerprint density at radius 3 is 2.70 bits per heavy atom. The fraction of sp³-hybridized carbons (Fsp3) is 0.273. The summed E-state index contributed by atoms with van der Waals surface area (Å²) in [6.45, 7) is 1.62. The average Bonchev–Trinajstić information content (AvgIpc) is 3.23. The maximum atomic E-state index is 12.1. The van der Waals surface area contributed by atoms with Crippen LogP contribution < -0.4 is 24.3 Å². The van der Waals surface area contributed by atoms with Crippen molar-refractivity contribution in [3.05, 3.63) is 53.6 Å². The van der Waals surface area contributed by atoms with Crippen molar-refractivity contribution in [3.8, 4) is 23.0 Å². The number of nitrogens with one attached hydrogen (secondary N) is 1. The molecule has 1 aliphatic rings. The number of ether oxygens (including phenoxy) is 5. The molecular weight excluding hydrogens is 390 g/mol. The van der Waals surface area contributed by atoms with Crippen molar-refractivity contribution in [1.82, 2.24) is 5.32 Å². The van der Waals surface area contributed by atoms with Gasteiger partial charge < -0.3 is 29.0 Å². The Morgan fingerprint density at radius 2 is 1.93 bits per heavy atom. The number of hydrogen-bond acceptors (Lipinski definition) is 7. The molecule has 1 atom stereocenters. The van der Waals surface area contributed by atoms with E-state index in [4.69, 9.17) is 23.7 Å². The molecule has 1 aliphatic heterocycles. The van der Waals surface area contributed by atoms with E-state index in [-0.39, 0.29) is 12.8 Å². The van der Waals surface area contributed by atoms with Crippen molar-refractivity contribution < 1.29 is 33.3 Å². The normalized spacial score (nSPS) is 13.0. The number of hydrogen-bond donors (Lipinski definition) is 1. The molecular formula is C22H23NO7. The molecule has 0 saturated heterocycles. The third-order valence-electron chi connectivity index (χ3n) is 4.45. The van der Waals surface area contributed by atoms with Gasteiger partial charge in [-0.25, -0.2) is 4.79 Å². The van der Waals surface area contributed by atoms with Gasteiger partial charge in [-0.3, -0.25) is 4.79 Å². The standard InChI is InChI=1S/C22H23NO7/c1-14(16-7-9-17-19(11-16)30-13-29-17)23-20(24)12-28-21(25)10-8-15-5-4-6-18(26-2)22(15)27-3/h4-11,14H,12-13H2,1-3H3,(H,23,24)/b10-8+/t14-/m1/s1. The topological polar surface area (TPSA) is 92.3 Å². The minimum absolute atomic E-state index is 0.185. The predicted octanol–water partition coefficient (Wildman–Crippen LogP) is 2.87. The van der Waals surface area contributed by atoms with Gasteiger partial charge in [0.15, 0.2) is 29.6 Å². The lowest BCUT2D eigenvalue weighted by molar-refractivity contribution is -0.144. The van der Waals surface area contributed by atoms with E-state index in [0.29, 0.717) is 28.6 Å². The van der Waals surface area contributed by atoms with Crippen LogP contribution in [0, 0.1) is 0 Å². The molecule has 1 amide bonds. The quantitative estimate of drug-likeness (QED) is 0.525. The lowest BCUT2D eigenvalue weighted by Crippen LogP contribution is -2.30. The summed E-state index contributed by atoms with van der Waals surface area (Å²) in [6.07, 6.45) is 2.77. The fourth-order valence-corrected chi connectivity index (χ4v) is 2.93. The minimum atomic E-state index is -0.647. The first-order valence-electron chi connectivity index (χ1n) is 9.26. The molecule has 0 aliphatic carbocycles. The maximum Gasteiger partial charge on any atom is 0.331 e. The van der Waals surface area contributed by atoms with Crippen LogP contribution in [0.4, 0.5) is 0 Å². The van der Waals surface area contributed by atoms with Crippen LogP contribution in [0.1, 0.15) is 24.1 Å². The number of rotatable bonds is 8. The predicted molar refractivity (Wildman–Crippen MR) is 109 cm³/mol. The highest BCUT2D eigenvalue weighted by Crippen LogP contribution is 2.34. The molecule has 0 fully saturated rings. The van der Waals surface area contributed by atoms with E-state index >= 15 is 0 Å². The fourth-order valence-electron chi connectivity index (χ4n) is 2.93. The summed E-state index contributed by atoms with van der Waals surface area (Å²) >= 11 is 0. The molecule has 158 valence electrons. The molecule has 0 radical (unpaired) electrons. The Kier molecular flexibility index (Phi) is 6.79. The van der Waals surface area contributed by atoms with Gasteiger partial charge in [-0.05, 0) is 36.8 Å². The average molecular weight is 413 g/mol. The van der Waals surface area contributed by atoms with E-state index in [0.717, 1.165) is 5.56 Å². The van der Waals surface area contributed by atoms with E-state index in [2.05, 4.69) is 5.32 Å². The zero-order valence-corrected chi connectivity index (χ0v) is 17.0. The number of benzene rings is 2. The van der Waals surface area contributed by atoms with Crippen LogP contribution in [0.5, 0.6) is 23.0 Å². The van der Waals surface area contributed by atoms with E-state index in [1.807, 2.05) is 19.1 Å². The zero-order chi connectivity index (χ0) is 21.5. The van der Waals surface area contributed by atoms with Gasteiger partial charge in [0.2, 0.25) is 6.79 Å². The molecule has 2 aromatic rings. The van der Waals surface area contributed by atoms with Gasteiger partial charge in [-0.2, -0.15) is 0 Å². The highest BCUT2D eigenvalue weighted by molar-refractivity contribution is 5.90. The smallest absolute Gasteiger partial charge is 0.331 e. The van der Waals surface area contributed by atoms with Gasteiger partial charge in [0.25, 0.3) is 5.91 Å². The summed E-state index contributed by atoms with van der Waals surface area (Å²) in [4.78, 5) is 24.1. The molecule has 1 N–H and O–H groups in total. The second kappa shape index (κ2) is 9.69. The van der Waals surface area contributed by atoms with Gasteiger partial charge in [0.05, 0.1) is 20.3 Å². The monoisotopic (exact) mass is 413 g/mol. The zero-order valence-electron chi connectivity index (χ0n) is 17.0. The molecule has 0 spiro atoms. The highest BCUT2D eigenvalue weighted by Gasteiger charge is 2.17. The van der Waals surface area contributed by atoms with Crippen molar-refractivity contribution in [2.45, 2.75) is 13.0 Å². The Bertz CT molecular complexity index is 954. The van der Waals surface area contributed by atoms with Gasteiger partial charge in [-0.15, -0.1) is 0 Å². The molecule has 0 bridgehead atoms. The number of methoxy groups -OCH3 is 2. The SMILES string of the molecule is COc1cccc(/C=C/C(=O)OCC(=O)N[C@H](C)c2ccc3c(c2)OCO3)c1OC. The lowest BCUT2D eigenvalue weighted by atomic mass is 10.1. The summed E-state index contributed by atoms with van der Waals surface area (Å²) in [7, 11) is 3.04. The van der Waals surface area contributed by atoms with E-state index in [1.54, 1.807) is 24.3 Å². The third-order valence-corrected chi connectivity index (χ3v) is 4.45. The van der Waals surface area contributed by atoms with Crippen LogP contribution in [-0.4, -0.2) is 39.5 Å². The van der Waals surface area contributed by atoms with Gasteiger partial charge in [0, 0.05) is 11.6 Å². The number of esters is 1. The van der Waals surface area contributed by atoms with Crippen LogP contribution in [0.15, 0.2) is 42.5 Å². The molecule has 2 aromatic carbocycles. The number of amides is 1. The third kappa shape index (κ3) is 5.02. The largest absolute Gasteiger partial charge is 0.493 e. The first-order chi connectivity index (χ1) is 14.5. The summed E-state index contributed by atoms with van der Waals surface area (Å²) in [5.41, 5.74) is 1.50. The van der Waals surface area contributed by atoms with Crippen molar-refractivity contribution in [2.75, 3.05) is 27.6 Å². The molecule has 30 heavy (non-hydrogen) atoms. The second-order valence-electron chi connectivity index (χ2n) is 6.43. The second-order valence-corrected chi connectivity index (χ2v) is 6.43. The minimum Gasteiger partial charge on any atom is -0.493 e. The van der Waals surface area contributed by atoms with Crippen molar-refractivity contribution in [1.29, 1.82) is 0 Å². The molecule has 8 nitrogen and oxygen atoms in total. The van der Waals surface area contributed by atoms with Gasteiger partial charge in [0.1, 0.15) is 0 Å².